The van der Waals surface area contributed by atoms with Crippen LogP contribution in [0.1, 0.15) is 29.6 Å². The number of amidine groups is 1. The predicted octanol–water partition coefficient (Wildman–Crippen LogP) is 2.84. The molecule has 1 fully saturated rings. The lowest BCUT2D eigenvalue weighted by molar-refractivity contribution is 0.0747. The van der Waals surface area contributed by atoms with Crippen LogP contribution in [0.15, 0.2) is 27.8 Å². The first-order valence-electron chi connectivity index (χ1n) is 6.25. The van der Waals surface area contributed by atoms with Crippen LogP contribution in [0, 0.1) is 0 Å². The van der Waals surface area contributed by atoms with E-state index < -0.39 is 0 Å². The molecule has 7 heteroatoms. The van der Waals surface area contributed by atoms with Gasteiger partial charge in [-0.25, -0.2) is 0 Å². The predicted molar refractivity (Wildman–Crippen MR) is 81.2 cm³/mol. The molecule has 1 saturated carbocycles. The monoisotopic (exact) mass is 359 g/mol. The quantitative estimate of drug-likeness (QED) is 0.367. The molecule has 3 N–H and O–H groups in total. The van der Waals surface area contributed by atoms with Crippen molar-refractivity contribution in [3.8, 4) is 0 Å². The molecule has 1 aromatic carbocycles. The van der Waals surface area contributed by atoms with E-state index in [2.05, 4.69) is 21.1 Å². The molecular formula is C13H15BrClN3O2. The van der Waals surface area contributed by atoms with Crippen molar-refractivity contribution >= 4 is 39.3 Å². The number of hydrogen-bond donors (Lipinski definition) is 2. The number of carbonyl (C=O) groups excluding carboxylic acids is 1. The van der Waals surface area contributed by atoms with Crippen LogP contribution in [0.2, 0.25) is 5.02 Å². The third-order valence-corrected chi connectivity index (χ3v) is 4.38. The molecule has 5 nitrogen and oxygen atoms in total. The zero-order valence-electron chi connectivity index (χ0n) is 10.7. The van der Waals surface area contributed by atoms with Crippen molar-refractivity contribution in [3.05, 3.63) is 33.3 Å². The topological polar surface area (TPSA) is 78.9 Å². The van der Waals surface area contributed by atoms with E-state index in [1.807, 2.05) is 0 Å². The van der Waals surface area contributed by atoms with Crippen molar-refractivity contribution in [1.82, 2.24) is 4.90 Å². The molecule has 0 saturated heterocycles. The summed E-state index contributed by atoms with van der Waals surface area (Å²) < 4.78 is 0.755. The van der Waals surface area contributed by atoms with Crippen LogP contribution < -0.4 is 5.73 Å². The third kappa shape index (κ3) is 3.64. The Bertz CT molecular complexity index is 546. The number of oxime groups is 1. The smallest absolute Gasteiger partial charge is 0.254 e. The largest absolute Gasteiger partial charge is 0.409 e. The molecule has 0 bridgehead atoms. The first-order chi connectivity index (χ1) is 9.52. The number of nitrogens with zero attached hydrogens (tertiary/aromatic N) is 2. The van der Waals surface area contributed by atoms with Gasteiger partial charge in [-0.15, -0.1) is 0 Å². The summed E-state index contributed by atoms with van der Waals surface area (Å²) in [5.41, 5.74) is 6.01. The summed E-state index contributed by atoms with van der Waals surface area (Å²) in [6, 6.07) is 5.38. The maximum Gasteiger partial charge on any atom is 0.254 e. The summed E-state index contributed by atoms with van der Waals surface area (Å²) >= 11 is 9.32. The minimum absolute atomic E-state index is 0.0763. The summed E-state index contributed by atoms with van der Waals surface area (Å²) in [4.78, 5) is 14.3. The van der Waals surface area contributed by atoms with Crippen molar-refractivity contribution in [2.45, 2.75) is 25.3 Å². The molecular weight excluding hydrogens is 346 g/mol. The van der Waals surface area contributed by atoms with Crippen LogP contribution in [0.5, 0.6) is 0 Å². The van der Waals surface area contributed by atoms with Crippen LogP contribution in [-0.2, 0) is 0 Å². The van der Waals surface area contributed by atoms with Crippen molar-refractivity contribution < 1.29 is 10.0 Å². The van der Waals surface area contributed by atoms with Gasteiger partial charge in [-0.1, -0.05) is 16.8 Å². The standard InChI is InChI=1S/C13H15BrClN3O2/c14-10-4-1-8(7-11(10)15)13(19)18(9-2-3-9)6-5-12(16)17-20/h1,4,7,9,20H,2-3,5-6H2,(H2,16,17). The average molecular weight is 361 g/mol. The minimum Gasteiger partial charge on any atom is -0.409 e. The van der Waals surface area contributed by atoms with Gasteiger partial charge < -0.3 is 15.8 Å². The van der Waals surface area contributed by atoms with Gasteiger partial charge >= 0.3 is 0 Å². The van der Waals surface area contributed by atoms with Gasteiger partial charge in [0.25, 0.3) is 5.91 Å². The highest BCUT2D eigenvalue weighted by Crippen LogP contribution is 2.30. The van der Waals surface area contributed by atoms with Crippen molar-refractivity contribution in [3.63, 3.8) is 0 Å². The van der Waals surface area contributed by atoms with Gasteiger partial charge in [0.15, 0.2) is 0 Å². The van der Waals surface area contributed by atoms with Crippen molar-refractivity contribution in [2.24, 2.45) is 10.9 Å². The maximum absolute atomic E-state index is 12.5. The van der Waals surface area contributed by atoms with E-state index in [0.717, 1.165) is 17.3 Å². The molecule has 0 aromatic heterocycles. The number of amides is 1. The van der Waals surface area contributed by atoms with Gasteiger partial charge in [-0.05, 0) is 47.0 Å². The number of hydrogen-bond acceptors (Lipinski definition) is 3. The maximum atomic E-state index is 12.5. The zero-order valence-corrected chi connectivity index (χ0v) is 13.1. The summed E-state index contributed by atoms with van der Waals surface area (Å²) in [5.74, 6) is 0.0462. The molecule has 0 spiro atoms. The number of nitrogens with two attached hydrogens (primary N) is 1. The number of benzene rings is 1. The van der Waals surface area contributed by atoms with E-state index in [4.69, 9.17) is 22.5 Å². The van der Waals surface area contributed by atoms with Gasteiger partial charge in [0.05, 0.1) is 5.02 Å². The molecule has 0 radical (unpaired) electrons. The molecule has 1 aliphatic carbocycles. The highest BCUT2D eigenvalue weighted by molar-refractivity contribution is 9.10. The van der Waals surface area contributed by atoms with E-state index in [-0.39, 0.29) is 17.8 Å². The SMILES string of the molecule is N/C(CCN(C(=O)c1ccc(Br)c(Cl)c1)C1CC1)=N/O. The fourth-order valence-electron chi connectivity index (χ4n) is 1.92. The van der Waals surface area contributed by atoms with E-state index in [0.29, 0.717) is 23.6 Å². The summed E-state index contributed by atoms with van der Waals surface area (Å²) in [6.45, 7) is 0.438. The van der Waals surface area contributed by atoms with Crippen LogP contribution in [0.4, 0.5) is 0 Å². The molecule has 0 unspecified atom stereocenters. The first-order valence-corrected chi connectivity index (χ1v) is 7.42. The normalized spacial score (nSPS) is 15.2. The number of carbonyl (C=O) groups is 1. The Morgan fingerprint density at radius 3 is 2.80 bits per heavy atom. The molecule has 0 atom stereocenters. The fourth-order valence-corrected chi connectivity index (χ4v) is 2.34. The highest BCUT2D eigenvalue weighted by Gasteiger charge is 2.33. The lowest BCUT2D eigenvalue weighted by atomic mass is 10.2. The lowest BCUT2D eigenvalue weighted by Crippen LogP contribution is -2.35. The zero-order chi connectivity index (χ0) is 14.7. The van der Waals surface area contributed by atoms with Gasteiger partial charge in [0.2, 0.25) is 0 Å². The van der Waals surface area contributed by atoms with Crippen LogP contribution >= 0.6 is 27.5 Å². The Morgan fingerprint density at radius 1 is 1.55 bits per heavy atom. The van der Waals surface area contributed by atoms with Gasteiger partial charge in [0.1, 0.15) is 5.84 Å². The second-order valence-electron chi connectivity index (χ2n) is 4.70. The lowest BCUT2D eigenvalue weighted by Gasteiger charge is -2.22. The van der Waals surface area contributed by atoms with E-state index in [9.17, 15) is 4.79 Å². The molecule has 1 aliphatic rings. The molecule has 108 valence electrons. The Labute approximate surface area is 130 Å². The summed E-state index contributed by atoms with van der Waals surface area (Å²) in [5, 5.41) is 12.0. The summed E-state index contributed by atoms with van der Waals surface area (Å²) in [6.07, 6.45) is 2.33. The average Bonchev–Trinajstić information content (AvgIpc) is 3.26. The van der Waals surface area contributed by atoms with E-state index in [1.165, 1.54) is 0 Å². The highest BCUT2D eigenvalue weighted by atomic mass is 79.9. The second-order valence-corrected chi connectivity index (χ2v) is 5.96. The Hall–Kier alpha value is -1.27. The summed E-state index contributed by atoms with van der Waals surface area (Å²) in [7, 11) is 0. The molecule has 20 heavy (non-hydrogen) atoms. The fraction of sp³-hybridized carbons (Fsp3) is 0.385. The van der Waals surface area contributed by atoms with Crippen LogP contribution in [0.3, 0.4) is 0 Å². The molecule has 1 aromatic rings. The van der Waals surface area contributed by atoms with Crippen LogP contribution in [-0.4, -0.2) is 34.4 Å². The molecule has 1 amide bonds. The third-order valence-electron chi connectivity index (χ3n) is 3.15. The van der Waals surface area contributed by atoms with Crippen molar-refractivity contribution in [2.75, 3.05) is 6.54 Å². The second kappa shape index (κ2) is 6.45. The van der Waals surface area contributed by atoms with E-state index in [1.54, 1.807) is 23.1 Å². The van der Waals surface area contributed by atoms with Crippen molar-refractivity contribution in [1.29, 1.82) is 0 Å². The van der Waals surface area contributed by atoms with Gasteiger partial charge in [-0.3, -0.25) is 4.79 Å². The number of halogens is 2. The number of rotatable bonds is 5. The van der Waals surface area contributed by atoms with E-state index >= 15 is 0 Å². The first kappa shape index (κ1) is 15.1. The molecule has 0 heterocycles. The van der Waals surface area contributed by atoms with Gasteiger partial charge in [0, 0.05) is 29.0 Å². The Morgan fingerprint density at radius 2 is 2.25 bits per heavy atom. The van der Waals surface area contributed by atoms with Crippen LogP contribution in [0.25, 0.3) is 0 Å². The Balaban J connectivity index is 2.12. The minimum atomic E-state index is -0.0763. The van der Waals surface area contributed by atoms with Gasteiger partial charge in [-0.2, -0.15) is 0 Å². The Kier molecular flexibility index (Phi) is 4.88. The molecule has 0 aliphatic heterocycles. The molecule has 2 rings (SSSR count).